The zero-order valence-electron chi connectivity index (χ0n) is 10.8. The molecule has 1 heterocycles. The fourth-order valence-electron chi connectivity index (χ4n) is 2.53. The van der Waals surface area contributed by atoms with E-state index in [1.54, 1.807) is 19.2 Å². The number of Topliss-reactive ketones (excluding diaryl/α,β-unsaturated/α-hetero) is 1. The molecular weight excluding hydrogens is 233 g/mol. The third kappa shape index (κ3) is 2.53. The van der Waals surface area contributed by atoms with Gasteiger partial charge < -0.3 is 9.64 Å². The highest BCUT2D eigenvalue weighted by Gasteiger charge is 2.27. The van der Waals surface area contributed by atoms with E-state index in [9.17, 15) is 9.18 Å². The third-order valence-electron chi connectivity index (χ3n) is 3.37. The second-order valence-corrected chi connectivity index (χ2v) is 4.75. The van der Waals surface area contributed by atoms with E-state index in [2.05, 4.69) is 0 Å². The highest BCUT2D eigenvalue weighted by Crippen LogP contribution is 2.30. The average molecular weight is 251 g/mol. The topological polar surface area (TPSA) is 29.5 Å². The van der Waals surface area contributed by atoms with E-state index < -0.39 is 0 Å². The number of carbonyl (C=O) groups excluding carboxylic acids is 1. The van der Waals surface area contributed by atoms with Crippen LogP contribution in [0.1, 0.15) is 23.7 Å². The summed E-state index contributed by atoms with van der Waals surface area (Å²) in [4.78, 5) is 13.5. The fraction of sp³-hybridized carbons (Fsp3) is 0.500. The molecule has 2 rings (SSSR count). The van der Waals surface area contributed by atoms with Crippen molar-refractivity contribution in [3.8, 4) is 0 Å². The second-order valence-electron chi connectivity index (χ2n) is 4.75. The number of rotatable bonds is 4. The molecule has 98 valence electrons. The largest absolute Gasteiger partial charge is 0.384 e. The van der Waals surface area contributed by atoms with Crippen molar-refractivity contribution in [1.29, 1.82) is 0 Å². The van der Waals surface area contributed by atoms with Gasteiger partial charge in [-0.25, -0.2) is 4.39 Å². The predicted molar refractivity (Wildman–Crippen MR) is 68.6 cm³/mol. The number of anilines is 1. The minimum absolute atomic E-state index is 0.0975. The molecule has 0 N–H and O–H groups in total. The number of methoxy groups -OCH3 is 1. The van der Waals surface area contributed by atoms with Crippen LogP contribution in [0.5, 0.6) is 0 Å². The summed E-state index contributed by atoms with van der Waals surface area (Å²) in [5.41, 5.74) is 0.914. The average Bonchev–Trinajstić information content (AvgIpc) is 2.77. The van der Waals surface area contributed by atoms with Gasteiger partial charge in [0.1, 0.15) is 5.82 Å². The van der Waals surface area contributed by atoms with Crippen LogP contribution in [0.25, 0.3) is 0 Å². The number of ether oxygens (including phenoxy) is 1. The molecule has 0 bridgehead atoms. The van der Waals surface area contributed by atoms with Gasteiger partial charge in [-0.15, -0.1) is 0 Å². The Labute approximate surface area is 107 Å². The summed E-state index contributed by atoms with van der Waals surface area (Å²) in [6.45, 7) is 3.67. The maximum atomic E-state index is 14.0. The fourth-order valence-corrected chi connectivity index (χ4v) is 2.53. The minimum Gasteiger partial charge on any atom is -0.384 e. The highest BCUT2D eigenvalue weighted by atomic mass is 19.1. The first-order chi connectivity index (χ1) is 8.63. The molecule has 4 heteroatoms. The Kier molecular flexibility index (Phi) is 3.97. The van der Waals surface area contributed by atoms with E-state index in [1.165, 1.54) is 13.0 Å². The standard InChI is InChI=1S/C14H18FNO2/c1-10(17)12-4-3-5-13(15)14(12)16-7-6-11(8-16)9-18-2/h3-5,11H,6-9H2,1-2H3. The monoisotopic (exact) mass is 251 g/mol. The van der Waals surface area contributed by atoms with Crippen molar-refractivity contribution in [3.63, 3.8) is 0 Å². The van der Waals surface area contributed by atoms with Crippen LogP contribution < -0.4 is 4.90 Å². The van der Waals surface area contributed by atoms with Gasteiger partial charge >= 0.3 is 0 Å². The molecule has 1 saturated heterocycles. The van der Waals surface area contributed by atoms with Crippen LogP contribution in [-0.4, -0.2) is 32.6 Å². The summed E-state index contributed by atoms with van der Waals surface area (Å²) >= 11 is 0. The summed E-state index contributed by atoms with van der Waals surface area (Å²) in [7, 11) is 1.67. The van der Waals surface area contributed by atoms with E-state index in [4.69, 9.17) is 4.74 Å². The van der Waals surface area contributed by atoms with E-state index in [1.807, 2.05) is 4.90 Å². The van der Waals surface area contributed by atoms with Gasteiger partial charge in [0.15, 0.2) is 5.78 Å². The molecule has 1 atom stereocenters. The smallest absolute Gasteiger partial charge is 0.161 e. The van der Waals surface area contributed by atoms with Gasteiger partial charge in [-0.05, 0) is 25.5 Å². The van der Waals surface area contributed by atoms with Crippen LogP contribution in [-0.2, 0) is 4.74 Å². The number of benzene rings is 1. The maximum absolute atomic E-state index is 14.0. The first-order valence-electron chi connectivity index (χ1n) is 6.16. The zero-order chi connectivity index (χ0) is 13.1. The molecule has 0 aliphatic carbocycles. The first kappa shape index (κ1) is 13.0. The Bertz CT molecular complexity index is 447. The zero-order valence-corrected chi connectivity index (χ0v) is 10.8. The van der Waals surface area contributed by atoms with Crippen LogP contribution in [0.4, 0.5) is 10.1 Å². The molecule has 1 aromatic rings. The van der Waals surface area contributed by atoms with Crippen LogP contribution in [0, 0.1) is 11.7 Å². The predicted octanol–water partition coefficient (Wildman–Crippen LogP) is 2.50. The van der Waals surface area contributed by atoms with Gasteiger partial charge in [0.2, 0.25) is 0 Å². The molecule has 1 fully saturated rings. The first-order valence-corrected chi connectivity index (χ1v) is 6.16. The number of halogens is 1. The molecule has 1 aliphatic heterocycles. The molecule has 1 aromatic carbocycles. The van der Waals surface area contributed by atoms with E-state index in [0.29, 0.717) is 23.8 Å². The van der Waals surface area contributed by atoms with Gasteiger partial charge in [0.05, 0.1) is 12.3 Å². The maximum Gasteiger partial charge on any atom is 0.161 e. The van der Waals surface area contributed by atoms with Crippen molar-refractivity contribution in [3.05, 3.63) is 29.6 Å². The summed E-state index contributed by atoms with van der Waals surface area (Å²) in [5, 5.41) is 0. The molecule has 0 spiro atoms. The highest BCUT2D eigenvalue weighted by molar-refractivity contribution is 5.99. The lowest BCUT2D eigenvalue weighted by Crippen LogP contribution is -2.24. The van der Waals surface area contributed by atoms with Crippen molar-refractivity contribution in [2.45, 2.75) is 13.3 Å². The van der Waals surface area contributed by atoms with Crippen LogP contribution in [0.3, 0.4) is 0 Å². The van der Waals surface area contributed by atoms with Crippen LogP contribution in [0.2, 0.25) is 0 Å². The lowest BCUT2D eigenvalue weighted by atomic mass is 10.1. The summed E-state index contributed by atoms with van der Waals surface area (Å²) in [5.74, 6) is -0.00475. The normalized spacial score (nSPS) is 19.3. The van der Waals surface area contributed by atoms with Gasteiger partial charge in [-0.1, -0.05) is 6.07 Å². The Balaban J connectivity index is 2.26. The molecular formula is C14H18FNO2. The number of ketones is 1. The van der Waals surface area contributed by atoms with Gasteiger partial charge in [0.25, 0.3) is 0 Å². The Morgan fingerprint density at radius 1 is 1.56 bits per heavy atom. The van der Waals surface area contributed by atoms with Crippen molar-refractivity contribution in [2.75, 3.05) is 31.7 Å². The molecule has 3 nitrogen and oxygen atoms in total. The number of carbonyl (C=O) groups is 1. The SMILES string of the molecule is COCC1CCN(c2c(F)cccc2C(C)=O)C1. The molecule has 1 aliphatic rings. The Hall–Kier alpha value is -1.42. The Morgan fingerprint density at radius 2 is 2.33 bits per heavy atom. The van der Waals surface area contributed by atoms with Crippen molar-refractivity contribution < 1.29 is 13.9 Å². The van der Waals surface area contributed by atoms with Crippen molar-refractivity contribution >= 4 is 11.5 Å². The van der Waals surface area contributed by atoms with Crippen molar-refractivity contribution in [2.24, 2.45) is 5.92 Å². The molecule has 0 aromatic heterocycles. The van der Waals surface area contributed by atoms with Gasteiger partial charge in [-0.3, -0.25) is 4.79 Å². The molecule has 1 unspecified atom stereocenters. The summed E-state index contributed by atoms with van der Waals surface area (Å²) in [6, 6.07) is 4.67. The van der Waals surface area contributed by atoms with E-state index in [0.717, 1.165) is 19.5 Å². The summed E-state index contributed by atoms with van der Waals surface area (Å²) in [6.07, 6.45) is 0.972. The number of hydrogen-bond acceptors (Lipinski definition) is 3. The van der Waals surface area contributed by atoms with Crippen LogP contribution >= 0.6 is 0 Å². The van der Waals surface area contributed by atoms with Gasteiger partial charge in [-0.2, -0.15) is 0 Å². The third-order valence-corrected chi connectivity index (χ3v) is 3.37. The lowest BCUT2D eigenvalue weighted by Gasteiger charge is -2.21. The van der Waals surface area contributed by atoms with Gasteiger partial charge in [0, 0.05) is 31.7 Å². The lowest BCUT2D eigenvalue weighted by molar-refractivity contribution is 0.101. The van der Waals surface area contributed by atoms with E-state index in [-0.39, 0.29) is 11.6 Å². The van der Waals surface area contributed by atoms with Crippen molar-refractivity contribution in [1.82, 2.24) is 0 Å². The number of hydrogen-bond donors (Lipinski definition) is 0. The minimum atomic E-state index is -0.319. The molecule has 0 amide bonds. The quantitative estimate of drug-likeness (QED) is 0.770. The molecule has 0 radical (unpaired) electrons. The molecule has 18 heavy (non-hydrogen) atoms. The van der Waals surface area contributed by atoms with Crippen LogP contribution in [0.15, 0.2) is 18.2 Å². The Morgan fingerprint density at radius 3 is 3.00 bits per heavy atom. The second kappa shape index (κ2) is 5.48. The summed E-state index contributed by atoms with van der Waals surface area (Å²) < 4.78 is 19.1. The number of nitrogens with zero attached hydrogens (tertiary/aromatic N) is 1. The molecule has 0 saturated carbocycles. The van der Waals surface area contributed by atoms with E-state index >= 15 is 0 Å². The number of para-hydroxylation sites is 1.